The van der Waals surface area contributed by atoms with Crippen molar-refractivity contribution in [3.63, 3.8) is 0 Å². The Morgan fingerprint density at radius 2 is 0.490 bits per heavy atom. The van der Waals surface area contributed by atoms with E-state index in [4.69, 9.17) is 37.0 Å². The summed E-state index contributed by atoms with van der Waals surface area (Å²) in [6.45, 7) is 9.72. The molecule has 98 heavy (non-hydrogen) atoms. The summed E-state index contributed by atoms with van der Waals surface area (Å²) in [5, 5.41) is 10.6. The number of phosphoric acid groups is 2. The topological polar surface area (TPSA) is 237 Å². The number of carbonyl (C=O) groups is 4. The molecule has 582 valence electrons. The fraction of sp³-hybridized carbons (Fsp3) is 0.949. The van der Waals surface area contributed by atoms with E-state index >= 15 is 0 Å². The van der Waals surface area contributed by atoms with Crippen LogP contribution in [-0.2, 0) is 65.4 Å². The normalized spacial score (nSPS) is 14.5. The van der Waals surface area contributed by atoms with Gasteiger partial charge in [-0.05, 0) is 37.5 Å². The Morgan fingerprint density at radius 1 is 0.286 bits per heavy atom. The van der Waals surface area contributed by atoms with Crippen molar-refractivity contribution < 1.29 is 80.2 Å². The van der Waals surface area contributed by atoms with Crippen molar-refractivity contribution >= 4 is 39.5 Å². The highest BCUT2D eigenvalue weighted by molar-refractivity contribution is 7.47. The van der Waals surface area contributed by atoms with Crippen LogP contribution >= 0.6 is 15.6 Å². The van der Waals surface area contributed by atoms with Crippen LogP contribution in [0.1, 0.15) is 414 Å². The molecule has 0 bridgehead atoms. The van der Waals surface area contributed by atoms with Gasteiger partial charge in [-0.2, -0.15) is 0 Å². The van der Waals surface area contributed by atoms with Crippen molar-refractivity contribution in [3.8, 4) is 0 Å². The molecule has 0 aromatic heterocycles. The van der Waals surface area contributed by atoms with Gasteiger partial charge in [0.15, 0.2) is 12.2 Å². The Hall–Kier alpha value is -1.94. The van der Waals surface area contributed by atoms with Crippen molar-refractivity contribution in [3.05, 3.63) is 0 Å². The molecule has 7 atom stereocenters. The van der Waals surface area contributed by atoms with E-state index in [2.05, 4.69) is 41.5 Å². The monoisotopic (exact) mass is 1440 g/mol. The lowest BCUT2D eigenvalue weighted by atomic mass is 9.99. The third kappa shape index (κ3) is 69.8. The van der Waals surface area contributed by atoms with Crippen LogP contribution in [0.5, 0.6) is 0 Å². The zero-order chi connectivity index (χ0) is 72.1. The fourth-order valence-electron chi connectivity index (χ4n) is 12.1. The second-order valence-corrected chi connectivity index (χ2v) is 31.8. The van der Waals surface area contributed by atoms with Crippen LogP contribution in [0.25, 0.3) is 0 Å². The van der Waals surface area contributed by atoms with Gasteiger partial charge in [0.05, 0.1) is 26.4 Å². The van der Waals surface area contributed by atoms with Gasteiger partial charge in [-0.15, -0.1) is 0 Å². The zero-order valence-electron chi connectivity index (χ0n) is 64.1. The van der Waals surface area contributed by atoms with Crippen LogP contribution in [0.3, 0.4) is 0 Å². The molecule has 0 radical (unpaired) electrons. The van der Waals surface area contributed by atoms with E-state index in [0.29, 0.717) is 25.7 Å². The van der Waals surface area contributed by atoms with Gasteiger partial charge in [0.2, 0.25) is 0 Å². The molecule has 0 saturated heterocycles. The third-order valence-corrected chi connectivity index (χ3v) is 21.1. The van der Waals surface area contributed by atoms with E-state index in [1.165, 1.54) is 231 Å². The second-order valence-electron chi connectivity index (χ2n) is 28.9. The molecule has 0 aromatic rings. The quantitative estimate of drug-likeness (QED) is 0.0222. The van der Waals surface area contributed by atoms with Crippen molar-refractivity contribution in [1.29, 1.82) is 0 Å². The molecule has 0 heterocycles. The summed E-state index contributed by atoms with van der Waals surface area (Å²) in [6, 6.07) is 0. The zero-order valence-corrected chi connectivity index (χ0v) is 65.9. The van der Waals surface area contributed by atoms with E-state index in [0.717, 1.165) is 102 Å². The highest BCUT2D eigenvalue weighted by Gasteiger charge is 2.30. The number of aliphatic hydroxyl groups is 1. The molecule has 3 N–H and O–H groups in total. The summed E-state index contributed by atoms with van der Waals surface area (Å²) in [5.74, 6) is -0.415. The lowest BCUT2D eigenvalue weighted by Gasteiger charge is -2.21. The predicted octanol–water partition coefficient (Wildman–Crippen LogP) is 23.5. The number of unbranched alkanes of at least 4 members (excludes halogenated alkanes) is 46. The molecule has 19 heteroatoms. The van der Waals surface area contributed by atoms with Crippen LogP contribution in [-0.4, -0.2) is 96.7 Å². The van der Waals surface area contributed by atoms with Crippen LogP contribution in [0.2, 0.25) is 0 Å². The fourth-order valence-corrected chi connectivity index (χ4v) is 13.7. The summed E-state index contributed by atoms with van der Waals surface area (Å²) in [4.78, 5) is 72.9. The first-order valence-electron chi connectivity index (χ1n) is 41.1. The van der Waals surface area contributed by atoms with Crippen molar-refractivity contribution in [1.82, 2.24) is 0 Å². The molecule has 0 aliphatic rings. The first kappa shape index (κ1) is 96.1. The lowest BCUT2D eigenvalue weighted by molar-refractivity contribution is -0.161. The van der Waals surface area contributed by atoms with Gasteiger partial charge >= 0.3 is 39.5 Å². The van der Waals surface area contributed by atoms with E-state index in [1.54, 1.807) is 0 Å². The molecular weight excluding hydrogens is 1280 g/mol. The lowest BCUT2D eigenvalue weighted by Crippen LogP contribution is -2.30. The molecule has 0 aliphatic heterocycles. The van der Waals surface area contributed by atoms with Crippen LogP contribution in [0.15, 0.2) is 0 Å². The minimum Gasteiger partial charge on any atom is -0.462 e. The van der Waals surface area contributed by atoms with Gasteiger partial charge in [0.1, 0.15) is 19.3 Å². The van der Waals surface area contributed by atoms with Crippen molar-refractivity contribution in [2.75, 3.05) is 39.6 Å². The largest absolute Gasteiger partial charge is 0.472 e. The van der Waals surface area contributed by atoms with Gasteiger partial charge < -0.3 is 33.8 Å². The molecule has 0 saturated carbocycles. The summed E-state index contributed by atoms with van der Waals surface area (Å²) < 4.78 is 68.6. The number of ether oxygens (including phenoxy) is 4. The SMILES string of the molecule is CCCCCCCCCCCCCCCC(=O)O[C@H](COC(=O)CCCCCCCCCCC)COP(=O)(O)OC[C@H](O)COP(=O)(O)OC[C@@H](COC(=O)CCCCCCCCCCCCCCCCC(C)CC)OC(=O)CCCCCCCCCCCCCCCCC(C)CC. The number of rotatable bonds is 78. The van der Waals surface area contributed by atoms with E-state index < -0.39 is 97.5 Å². The Bertz CT molecular complexity index is 1890. The number of hydrogen-bond acceptors (Lipinski definition) is 15. The van der Waals surface area contributed by atoms with Gasteiger partial charge in [0.25, 0.3) is 0 Å². The smallest absolute Gasteiger partial charge is 0.462 e. The molecule has 0 fully saturated rings. The van der Waals surface area contributed by atoms with Crippen LogP contribution in [0, 0.1) is 11.8 Å². The van der Waals surface area contributed by atoms with Crippen molar-refractivity contribution in [2.45, 2.75) is 432 Å². The van der Waals surface area contributed by atoms with E-state index in [9.17, 15) is 43.2 Å². The van der Waals surface area contributed by atoms with Gasteiger partial charge in [0, 0.05) is 25.7 Å². The van der Waals surface area contributed by atoms with Gasteiger partial charge in [-0.25, -0.2) is 9.13 Å². The first-order chi connectivity index (χ1) is 47.4. The third-order valence-electron chi connectivity index (χ3n) is 19.2. The molecule has 0 aromatic carbocycles. The molecule has 17 nitrogen and oxygen atoms in total. The number of carbonyl (C=O) groups excluding carboxylic acids is 4. The maximum absolute atomic E-state index is 13.1. The molecule has 0 spiro atoms. The summed E-state index contributed by atoms with van der Waals surface area (Å²) in [6.07, 6.45) is 59.4. The minimum absolute atomic E-state index is 0.108. The van der Waals surface area contributed by atoms with Crippen molar-refractivity contribution in [2.24, 2.45) is 11.8 Å². The Labute approximate surface area is 600 Å². The van der Waals surface area contributed by atoms with E-state index in [-0.39, 0.29) is 25.7 Å². The maximum Gasteiger partial charge on any atom is 0.472 e. The van der Waals surface area contributed by atoms with Gasteiger partial charge in [-0.1, -0.05) is 363 Å². The average molecular weight is 1440 g/mol. The predicted molar refractivity (Wildman–Crippen MR) is 400 cm³/mol. The molecule has 0 aliphatic carbocycles. The minimum atomic E-state index is -4.96. The van der Waals surface area contributed by atoms with E-state index in [1.807, 2.05) is 0 Å². The molecule has 4 unspecified atom stereocenters. The molecule has 0 amide bonds. The summed E-state index contributed by atoms with van der Waals surface area (Å²) >= 11 is 0. The number of hydrogen-bond donors (Lipinski definition) is 3. The summed E-state index contributed by atoms with van der Waals surface area (Å²) in [5.41, 5.74) is 0. The average Bonchev–Trinajstić information content (AvgIpc) is 2.83. The highest BCUT2D eigenvalue weighted by Crippen LogP contribution is 2.45. The second kappa shape index (κ2) is 70.7. The Balaban J connectivity index is 5.23. The maximum atomic E-state index is 13.1. The van der Waals surface area contributed by atoms with Gasteiger partial charge in [-0.3, -0.25) is 37.3 Å². The van der Waals surface area contributed by atoms with Crippen LogP contribution in [0.4, 0.5) is 0 Å². The number of esters is 4. The molecule has 0 rings (SSSR count). The van der Waals surface area contributed by atoms with Crippen LogP contribution < -0.4 is 0 Å². The highest BCUT2D eigenvalue weighted by atomic mass is 31.2. The Kier molecular flexibility index (Phi) is 69.3. The standard InChI is InChI=1S/C79H154O17P2/c1-7-11-13-15-17-19-20-25-33-39-45-51-57-63-78(83)95-74(67-89-76(81)61-55-49-43-35-18-16-14-12-8-2)69-93-97(85,86)91-65-73(80)66-92-98(87,88)94-70-75(96-79(84)64-58-52-46-40-34-29-24-22-27-31-37-42-48-54-60-72(6)10-4)68-90-77(82)62-56-50-44-38-32-28-23-21-26-30-36-41-47-53-59-71(5)9-3/h71-75,80H,7-70H2,1-6H3,(H,85,86)(H,87,88)/t71?,72?,73-,74+,75+/m0/s1. The Morgan fingerprint density at radius 3 is 0.724 bits per heavy atom. The number of aliphatic hydroxyl groups excluding tert-OH is 1. The summed E-state index contributed by atoms with van der Waals surface area (Å²) in [7, 11) is -9.91. The molecular formula is C79H154O17P2. The number of phosphoric ester groups is 2. The first-order valence-corrected chi connectivity index (χ1v) is 44.1.